The van der Waals surface area contributed by atoms with E-state index in [0.29, 0.717) is 0 Å². The van der Waals surface area contributed by atoms with Crippen LogP contribution >= 0.6 is 11.6 Å². The topological polar surface area (TPSA) is 23.5 Å². The largest absolute Gasteiger partial charge is 0.396 e. The summed E-state index contributed by atoms with van der Waals surface area (Å²) in [6, 6.07) is 14.4. The standard InChI is InChI=1S/C22H25ClFNO/c23-20-6-1-4-19(14-20)15-22(17-26)11-3-13-25(16-22)12-2-5-18-7-9-21(24)10-8-18/h1-2,4-10,14,26H,3,11-13,15-17H2/b5-2+/t22-/m1/s1. The maximum Gasteiger partial charge on any atom is 0.123 e. The highest BCUT2D eigenvalue weighted by Gasteiger charge is 2.34. The van der Waals surface area contributed by atoms with Crippen molar-refractivity contribution in [2.75, 3.05) is 26.2 Å². The van der Waals surface area contributed by atoms with E-state index >= 15 is 0 Å². The normalized spacial score (nSPS) is 21.3. The maximum absolute atomic E-state index is 13.0. The molecular formula is C22H25ClFNO. The van der Waals surface area contributed by atoms with Crippen LogP contribution in [0.4, 0.5) is 4.39 Å². The van der Waals surface area contributed by atoms with E-state index in [1.807, 2.05) is 24.3 Å². The summed E-state index contributed by atoms with van der Waals surface area (Å²) in [5.41, 5.74) is 2.05. The molecule has 0 aliphatic carbocycles. The minimum absolute atomic E-state index is 0.118. The van der Waals surface area contributed by atoms with Crippen molar-refractivity contribution in [3.63, 3.8) is 0 Å². The Labute approximate surface area is 159 Å². The van der Waals surface area contributed by atoms with Gasteiger partial charge in [-0.2, -0.15) is 0 Å². The predicted octanol–water partition coefficient (Wildman–Crippen LogP) is 4.81. The van der Waals surface area contributed by atoms with E-state index in [2.05, 4.69) is 17.0 Å². The summed E-state index contributed by atoms with van der Waals surface area (Å²) >= 11 is 6.11. The number of benzene rings is 2. The van der Waals surface area contributed by atoms with Gasteiger partial charge in [-0.25, -0.2) is 4.39 Å². The number of rotatable bonds is 6. The number of piperidine rings is 1. The first kappa shape index (κ1) is 19.1. The molecule has 0 amide bonds. The number of aliphatic hydroxyl groups excluding tert-OH is 1. The Bertz CT molecular complexity index is 746. The van der Waals surface area contributed by atoms with Gasteiger partial charge in [-0.1, -0.05) is 48.0 Å². The second-order valence-corrected chi connectivity index (χ2v) is 7.69. The highest BCUT2D eigenvalue weighted by molar-refractivity contribution is 6.30. The molecule has 1 atom stereocenters. The summed E-state index contributed by atoms with van der Waals surface area (Å²) in [4.78, 5) is 2.38. The van der Waals surface area contributed by atoms with Crippen LogP contribution in [-0.4, -0.2) is 36.2 Å². The lowest BCUT2D eigenvalue weighted by Gasteiger charge is -2.41. The minimum atomic E-state index is -0.216. The van der Waals surface area contributed by atoms with E-state index in [0.717, 1.165) is 49.5 Å². The van der Waals surface area contributed by atoms with Crippen molar-refractivity contribution in [3.8, 4) is 0 Å². The molecule has 3 rings (SSSR count). The van der Waals surface area contributed by atoms with Crippen molar-refractivity contribution in [1.29, 1.82) is 0 Å². The monoisotopic (exact) mass is 373 g/mol. The van der Waals surface area contributed by atoms with E-state index < -0.39 is 0 Å². The summed E-state index contributed by atoms with van der Waals surface area (Å²) in [7, 11) is 0. The molecule has 1 fully saturated rings. The van der Waals surface area contributed by atoms with Gasteiger partial charge in [-0.3, -0.25) is 4.90 Å². The van der Waals surface area contributed by atoms with Crippen molar-refractivity contribution in [2.24, 2.45) is 5.41 Å². The zero-order chi connectivity index (χ0) is 18.4. The Morgan fingerprint density at radius 1 is 1.19 bits per heavy atom. The van der Waals surface area contributed by atoms with Crippen LogP contribution in [0.1, 0.15) is 24.0 Å². The average Bonchev–Trinajstić information content (AvgIpc) is 2.64. The van der Waals surface area contributed by atoms with Crippen molar-refractivity contribution in [3.05, 3.63) is 76.6 Å². The average molecular weight is 374 g/mol. The smallest absolute Gasteiger partial charge is 0.123 e. The van der Waals surface area contributed by atoms with Crippen molar-refractivity contribution >= 4 is 17.7 Å². The number of likely N-dealkylation sites (tertiary alicyclic amines) is 1. The molecule has 0 radical (unpaired) electrons. The van der Waals surface area contributed by atoms with Crippen LogP contribution < -0.4 is 0 Å². The van der Waals surface area contributed by atoms with E-state index in [4.69, 9.17) is 11.6 Å². The fraction of sp³-hybridized carbons (Fsp3) is 0.364. The molecule has 1 N–H and O–H groups in total. The molecule has 2 nitrogen and oxygen atoms in total. The van der Waals surface area contributed by atoms with Gasteiger partial charge in [0.15, 0.2) is 0 Å². The van der Waals surface area contributed by atoms with Gasteiger partial charge in [0.05, 0.1) is 6.61 Å². The number of nitrogens with zero attached hydrogens (tertiary/aromatic N) is 1. The van der Waals surface area contributed by atoms with Crippen molar-refractivity contribution in [1.82, 2.24) is 4.90 Å². The van der Waals surface area contributed by atoms with E-state index in [9.17, 15) is 9.50 Å². The molecule has 0 unspecified atom stereocenters. The van der Waals surface area contributed by atoms with Gasteiger partial charge >= 0.3 is 0 Å². The number of hydrogen-bond donors (Lipinski definition) is 1. The van der Waals surface area contributed by atoms with Gasteiger partial charge in [0.2, 0.25) is 0 Å². The summed E-state index contributed by atoms with van der Waals surface area (Å²) in [6.07, 6.45) is 7.06. The van der Waals surface area contributed by atoms with Crippen LogP contribution in [0.15, 0.2) is 54.6 Å². The Morgan fingerprint density at radius 2 is 2.00 bits per heavy atom. The molecular weight excluding hydrogens is 349 g/mol. The second kappa shape index (κ2) is 8.81. The maximum atomic E-state index is 13.0. The number of halogens is 2. The summed E-state index contributed by atoms with van der Waals surface area (Å²) in [5, 5.41) is 10.8. The lowest BCUT2D eigenvalue weighted by Crippen LogP contribution is -2.46. The Balaban J connectivity index is 1.62. The van der Waals surface area contributed by atoms with Gasteiger partial charge in [-0.15, -0.1) is 0 Å². The first-order valence-electron chi connectivity index (χ1n) is 9.08. The zero-order valence-corrected chi connectivity index (χ0v) is 15.6. The molecule has 1 aliphatic rings. The quantitative estimate of drug-likeness (QED) is 0.785. The summed E-state index contributed by atoms with van der Waals surface area (Å²) in [5.74, 6) is -0.216. The van der Waals surface area contributed by atoms with Gasteiger partial charge in [-0.05, 0) is 61.2 Å². The molecule has 0 aromatic heterocycles. The Morgan fingerprint density at radius 3 is 2.73 bits per heavy atom. The van der Waals surface area contributed by atoms with Gasteiger partial charge < -0.3 is 5.11 Å². The van der Waals surface area contributed by atoms with Gasteiger partial charge in [0, 0.05) is 23.5 Å². The van der Waals surface area contributed by atoms with E-state index in [1.54, 1.807) is 12.1 Å². The third-order valence-electron chi connectivity index (χ3n) is 5.09. The first-order valence-corrected chi connectivity index (χ1v) is 9.46. The SMILES string of the molecule is OC[C@@]1(Cc2cccc(Cl)c2)CCCN(C/C=C/c2ccc(F)cc2)C1. The van der Waals surface area contributed by atoms with Gasteiger partial charge in [0.1, 0.15) is 5.82 Å². The number of aliphatic hydroxyl groups is 1. The Kier molecular flexibility index (Phi) is 6.47. The van der Waals surface area contributed by atoms with E-state index in [-0.39, 0.29) is 17.8 Å². The predicted molar refractivity (Wildman–Crippen MR) is 106 cm³/mol. The van der Waals surface area contributed by atoms with Crippen LogP contribution in [0.3, 0.4) is 0 Å². The van der Waals surface area contributed by atoms with Crippen LogP contribution in [0, 0.1) is 11.2 Å². The van der Waals surface area contributed by atoms with Crippen LogP contribution in [0.5, 0.6) is 0 Å². The molecule has 1 saturated heterocycles. The third kappa shape index (κ3) is 5.16. The molecule has 1 aliphatic heterocycles. The fourth-order valence-electron chi connectivity index (χ4n) is 3.79. The molecule has 2 aromatic carbocycles. The molecule has 0 spiro atoms. The van der Waals surface area contributed by atoms with E-state index in [1.165, 1.54) is 17.7 Å². The van der Waals surface area contributed by atoms with Gasteiger partial charge in [0.25, 0.3) is 0 Å². The second-order valence-electron chi connectivity index (χ2n) is 7.26. The van der Waals surface area contributed by atoms with Crippen LogP contribution in [0.25, 0.3) is 6.08 Å². The highest BCUT2D eigenvalue weighted by Crippen LogP contribution is 2.33. The summed E-state index contributed by atoms with van der Waals surface area (Å²) in [6.45, 7) is 2.90. The molecule has 0 bridgehead atoms. The third-order valence-corrected chi connectivity index (χ3v) is 5.32. The van der Waals surface area contributed by atoms with Crippen LogP contribution in [0.2, 0.25) is 5.02 Å². The molecule has 138 valence electrons. The lowest BCUT2D eigenvalue weighted by molar-refractivity contribution is 0.0376. The molecule has 4 heteroatoms. The van der Waals surface area contributed by atoms with Crippen molar-refractivity contribution < 1.29 is 9.50 Å². The molecule has 0 saturated carbocycles. The molecule has 2 aromatic rings. The minimum Gasteiger partial charge on any atom is -0.396 e. The summed E-state index contributed by atoms with van der Waals surface area (Å²) < 4.78 is 13.0. The fourth-order valence-corrected chi connectivity index (χ4v) is 4.00. The lowest BCUT2D eigenvalue weighted by atomic mass is 9.76. The Hall–Kier alpha value is -1.68. The number of hydrogen-bond acceptors (Lipinski definition) is 2. The molecule has 1 heterocycles. The first-order chi connectivity index (χ1) is 12.6. The van der Waals surface area contributed by atoms with Crippen molar-refractivity contribution in [2.45, 2.75) is 19.3 Å². The van der Waals surface area contributed by atoms with Crippen LogP contribution in [-0.2, 0) is 6.42 Å². The molecule has 26 heavy (non-hydrogen) atoms. The highest BCUT2D eigenvalue weighted by atomic mass is 35.5. The zero-order valence-electron chi connectivity index (χ0n) is 14.9.